The quantitative estimate of drug-likeness (QED) is 0.0145. The summed E-state index contributed by atoms with van der Waals surface area (Å²) in [5.41, 5.74) is 0. The second-order valence-electron chi connectivity index (χ2n) is 22.3. The predicted octanol–water partition coefficient (Wildman–Crippen LogP) is -0.156. The molecule has 0 aromatic carbocycles. The Bertz CT molecular complexity index is 2070. The molecule has 0 spiro atoms. The molecule has 110 heavy (non-hydrogen) atoms. The largest absolute Gasteiger partial charge is 0.726 e. The highest BCUT2D eigenvalue weighted by Crippen LogP contribution is 2.33. The summed E-state index contributed by atoms with van der Waals surface area (Å²) in [6, 6.07) is 0. The molecule has 51 heteroatoms. The van der Waals surface area contributed by atoms with Crippen molar-refractivity contribution < 1.29 is 233 Å². The van der Waals surface area contributed by atoms with Crippen LogP contribution in [-0.4, -0.2) is 358 Å². The molecular formula is C59H120N2O47S2. The van der Waals surface area contributed by atoms with Gasteiger partial charge in [0.05, 0.1) is 305 Å². The number of unbranched alkanes of at least 4 members (excludes halogenated alkanes) is 1. The van der Waals surface area contributed by atoms with E-state index in [1.807, 2.05) is 0 Å². The van der Waals surface area contributed by atoms with Gasteiger partial charge in [-0.1, -0.05) is 26.2 Å². The van der Waals surface area contributed by atoms with Crippen molar-refractivity contribution in [1.82, 2.24) is 0 Å². The molecule has 0 heterocycles. The average molecular weight is 1670 g/mol. The highest BCUT2D eigenvalue weighted by atomic mass is 32.3. The zero-order chi connectivity index (χ0) is 80.1. The molecule has 0 aliphatic carbocycles. The fraction of sp³-hybridized carbons (Fsp3) is 0.932. The van der Waals surface area contributed by atoms with Gasteiger partial charge in [-0.25, -0.2) is 12.6 Å². The smallest absolute Gasteiger partial charge is 0.394 e. The van der Waals surface area contributed by atoms with E-state index in [9.17, 15) is 22.4 Å². The fourth-order valence-electron chi connectivity index (χ4n) is 7.53. The summed E-state index contributed by atoms with van der Waals surface area (Å²) in [5, 5.41) is 67.5. The lowest BCUT2D eigenvalue weighted by atomic mass is 10.3. The Balaban J connectivity index is 3.55. The van der Waals surface area contributed by atoms with Crippen molar-refractivity contribution in [1.29, 1.82) is 0 Å². The molecule has 0 aliphatic rings. The normalized spacial score (nSPS) is 12.7. The number of nitrogens with zero attached hydrogens (tertiary/aromatic N) is 2. The molecule has 660 valence electrons. The van der Waals surface area contributed by atoms with Crippen molar-refractivity contribution >= 4 is 20.6 Å². The van der Waals surface area contributed by atoms with Crippen LogP contribution in [0.2, 0.25) is 0 Å². The van der Waals surface area contributed by atoms with Crippen molar-refractivity contribution in [3.8, 4) is 0 Å². The van der Waals surface area contributed by atoms with Crippen LogP contribution in [0.4, 0.5) is 0 Å². The van der Waals surface area contributed by atoms with Gasteiger partial charge in [0.1, 0.15) is 25.7 Å². The zero-order valence-electron chi connectivity index (χ0n) is 63.5. The molecule has 0 N–H and O–H groups in total. The van der Waals surface area contributed by atoms with Crippen LogP contribution < -0.4 is 5.26 Å². The summed E-state index contributed by atoms with van der Waals surface area (Å²) in [5.74, 6) is 0. The second kappa shape index (κ2) is 81.6. The van der Waals surface area contributed by atoms with E-state index in [4.69, 9.17) is 98.9 Å². The minimum Gasteiger partial charge on any atom is -0.726 e. The Labute approximate surface area is 641 Å². The standard InChI is InChI=1S/C59H120N2O47S2/c1-7-87-92-94-96-98-100-102-104-107-110(66,106-91-62,108-105-103-101-99-97-95-93-88-8-2)90-23-17-61(5,6)16-13-21-68-19-10-9-18-67-20-11-14-60(3,4)15-12-22-69-24-25-70-26-27-71-28-29-72-30-31-73-32-33-74-34-35-75-36-37-76-38-39-77-40-41-78-42-43-79-44-45-80-46-47-81-48-49-82-50-51-83-52-53-84-54-55-85-56-57-86-58-59-89-109(63,64)65/h7-8H,1-2,9-59H2,3-6H3. The molecule has 0 saturated carbocycles. The molecular weight excluding hydrogens is 1550 g/mol. The maximum absolute atomic E-state index is 13.5. The van der Waals surface area contributed by atoms with E-state index in [0.29, 0.717) is 264 Å². The molecule has 0 unspecified atom stereocenters. The van der Waals surface area contributed by atoms with Crippen molar-refractivity contribution in [2.24, 2.45) is 0 Å². The third kappa shape index (κ3) is 83.4. The lowest BCUT2D eigenvalue weighted by Crippen LogP contribution is -2.49. The maximum atomic E-state index is 13.5. The molecule has 0 aliphatic heterocycles. The molecule has 0 rings (SSSR count). The average Bonchev–Trinajstić information content (AvgIpc) is 0.787. The Morgan fingerprint density at radius 3 is 0.709 bits per heavy atom. The molecule has 0 fully saturated rings. The van der Waals surface area contributed by atoms with Gasteiger partial charge < -0.3 is 123 Å². The molecule has 0 amide bonds. The van der Waals surface area contributed by atoms with Gasteiger partial charge >= 0.3 is 10.2 Å². The second-order valence-corrected chi connectivity index (χ2v) is 25.3. The van der Waals surface area contributed by atoms with Crippen molar-refractivity contribution in [2.75, 3.05) is 332 Å². The molecule has 0 aromatic heterocycles. The summed E-state index contributed by atoms with van der Waals surface area (Å²) in [6.45, 7) is 25.6. The van der Waals surface area contributed by atoms with Crippen LogP contribution in [0.1, 0.15) is 32.1 Å². The van der Waals surface area contributed by atoms with Crippen LogP contribution in [0.15, 0.2) is 25.7 Å². The maximum Gasteiger partial charge on any atom is 0.394 e. The van der Waals surface area contributed by atoms with Gasteiger partial charge in [-0.05, 0) is 43.1 Å². The van der Waals surface area contributed by atoms with Crippen LogP contribution in [0.3, 0.4) is 0 Å². The molecule has 49 nitrogen and oxygen atoms in total. The van der Waals surface area contributed by atoms with Gasteiger partial charge in [-0.2, -0.15) is 4.21 Å². The zero-order valence-corrected chi connectivity index (χ0v) is 65.2. The lowest BCUT2D eigenvalue weighted by Gasteiger charge is -2.35. The van der Waals surface area contributed by atoms with Crippen molar-refractivity contribution in [3.63, 3.8) is 0 Å². The van der Waals surface area contributed by atoms with Gasteiger partial charge in [0, 0.05) is 72.8 Å². The predicted molar refractivity (Wildman–Crippen MR) is 355 cm³/mol. The Hall–Kier alpha value is -2.58. The van der Waals surface area contributed by atoms with Gasteiger partial charge in [-0.15, -0.1) is 0 Å². The van der Waals surface area contributed by atoms with E-state index in [1.54, 1.807) is 14.1 Å². The first-order valence-corrected chi connectivity index (χ1v) is 38.0. The van der Waals surface area contributed by atoms with E-state index in [0.717, 1.165) is 55.8 Å². The van der Waals surface area contributed by atoms with Gasteiger partial charge in [0.15, 0.2) is 0 Å². The summed E-state index contributed by atoms with van der Waals surface area (Å²) in [7, 11) is -3.19. The number of likely N-dealkylation sites (N-methyl/N-ethyl adjacent to an activating group) is 1. The number of hydrogen-bond acceptors (Lipinski definition) is 47. The first-order chi connectivity index (χ1) is 53.6. The number of ether oxygens (including phenoxy) is 20. The first-order valence-electron chi connectivity index (χ1n) is 35.0. The van der Waals surface area contributed by atoms with E-state index in [1.165, 1.54) is 0 Å². The summed E-state index contributed by atoms with van der Waals surface area (Å²) < 4.78 is 177. The first kappa shape index (κ1) is 107. The molecule has 0 atom stereocenters. The Morgan fingerprint density at radius 1 is 0.273 bits per heavy atom. The fourth-order valence-corrected chi connectivity index (χ4v) is 8.65. The van der Waals surface area contributed by atoms with E-state index in [2.05, 4.69) is 130 Å². The number of hydrogen-bond donors (Lipinski definition) is 0. The van der Waals surface area contributed by atoms with Crippen LogP contribution >= 0.6 is 0 Å². The van der Waals surface area contributed by atoms with Crippen LogP contribution in [-0.2, 0) is 222 Å². The van der Waals surface area contributed by atoms with Crippen molar-refractivity contribution in [2.45, 2.75) is 32.1 Å². The van der Waals surface area contributed by atoms with Crippen molar-refractivity contribution in [3.05, 3.63) is 25.7 Å². The van der Waals surface area contributed by atoms with Crippen LogP contribution in [0, 0.1) is 0 Å². The monoisotopic (exact) mass is 1670 g/mol. The van der Waals surface area contributed by atoms with Crippen LogP contribution in [0.25, 0.3) is 0 Å². The highest BCUT2D eigenvalue weighted by Gasteiger charge is 2.50. The van der Waals surface area contributed by atoms with Crippen LogP contribution in [0.5, 0.6) is 0 Å². The van der Waals surface area contributed by atoms with Gasteiger partial charge in [0.25, 0.3) is 0 Å². The lowest BCUT2D eigenvalue weighted by molar-refractivity contribution is -0.890. The molecule has 0 radical (unpaired) electrons. The summed E-state index contributed by atoms with van der Waals surface area (Å²) >= 11 is 0. The SMILES string of the molecule is C=COOOOOOOOOS(=O)(OCC[N+](C)(C)CCCOCCCCOCCC[N+](C)(C)CCCOCCOCCOCCOCCOCCOCCOCCOCCOCCOCCOCCOCCOCCOCCOCCOCCOCCOCCOS(=O)(=O)[O-])(OO[O-])OOOOOOOOOC=C. The third-order valence-electron chi connectivity index (χ3n) is 12.7. The minimum absolute atomic E-state index is 0.0251. The molecule has 0 bridgehead atoms. The summed E-state index contributed by atoms with van der Waals surface area (Å²) in [4.78, 5) is 8.11. The topological polar surface area (TPSA) is 485 Å². The minimum atomic E-state index is -6.44. The Morgan fingerprint density at radius 2 is 0.473 bits per heavy atom. The van der Waals surface area contributed by atoms with E-state index in [-0.39, 0.29) is 30.8 Å². The van der Waals surface area contributed by atoms with Gasteiger partial charge in [0.2, 0.25) is 10.4 Å². The highest BCUT2D eigenvalue weighted by molar-refractivity contribution is 8.02. The number of quaternary nitrogens is 2. The Kier molecular flexibility index (Phi) is 79.6. The third-order valence-corrected chi connectivity index (χ3v) is 14.5. The molecule has 0 saturated heterocycles. The van der Waals surface area contributed by atoms with Gasteiger partial charge in [-0.3, -0.25) is 9.22 Å². The number of rotatable bonds is 98. The van der Waals surface area contributed by atoms with E-state index < -0.39 is 27.2 Å². The van der Waals surface area contributed by atoms with E-state index >= 15 is 0 Å². The summed E-state index contributed by atoms with van der Waals surface area (Å²) in [6.07, 6.45) is 5.67. The molecule has 0 aromatic rings.